The van der Waals surface area contributed by atoms with E-state index in [1.807, 2.05) is 19.3 Å². The second-order valence-electron chi connectivity index (χ2n) is 6.15. The minimum Gasteiger partial charge on any atom is -0.364 e. The van der Waals surface area contributed by atoms with E-state index in [0.717, 1.165) is 54.8 Å². The molecule has 3 N–H and O–H groups in total. The summed E-state index contributed by atoms with van der Waals surface area (Å²) in [7, 11) is 0. The number of anilines is 3. The second kappa shape index (κ2) is 6.20. The summed E-state index contributed by atoms with van der Waals surface area (Å²) in [6.45, 7) is 6.85. The third-order valence-corrected chi connectivity index (χ3v) is 4.55. The third-order valence-electron chi connectivity index (χ3n) is 4.55. The van der Waals surface area contributed by atoms with Crippen molar-refractivity contribution < 1.29 is 0 Å². The van der Waals surface area contributed by atoms with Crippen molar-refractivity contribution in [1.82, 2.24) is 25.3 Å². The Bertz CT molecular complexity index is 711. The van der Waals surface area contributed by atoms with E-state index in [0.29, 0.717) is 6.04 Å². The zero-order valence-corrected chi connectivity index (χ0v) is 14.0. The molecule has 2 aromatic heterocycles. The number of aryl methyl sites for hydroxylation is 1. The Morgan fingerprint density at radius 1 is 1.25 bits per heavy atom. The van der Waals surface area contributed by atoms with Gasteiger partial charge in [0.25, 0.3) is 0 Å². The first-order valence-electron chi connectivity index (χ1n) is 8.40. The molecule has 0 amide bonds. The SMILES string of the molecule is CCN1c2ncnc(N[C@H]3CCNC3)c2NC1c1cnc(C)nc1. The Kier molecular flexibility index (Phi) is 3.89. The molecule has 0 aromatic carbocycles. The van der Waals surface area contributed by atoms with Crippen LogP contribution in [0.5, 0.6) is 0 Å². The molecule has 0 radical (unpaired) electrons. The average Bonchev–Trinajstić information content (AvgIpc) is 3.23. The Labute approximate surface area is 141 Å². The fraction of sp³-hybridized carbons (Fsp3) is 0.500. The van der Waals surface area contributed by atoms with Gasteiger partial charge in [-0.3, -0.25) is 0 Å². The fourth-order valence-corrected chi connectivity index (χ4v) is 3.28. The molecule has 126 valence electrons. The first-order valence-corrected chi connectivity index (χ1v) is 8.40. The van der Waals surface area contributed by atoms with Crippen molar-refractivity contribution in [2.24, 2.45) is 0 Å². The highest BCUT2D eigenvalue weighted by Gasteiger charge is 2.33. The van der Waals surface area contributed by atoms with Crippen molar-refractivity contribution in [3.63, 3.8) is 0 Å². The summed E-state index contributed by atoms with van der Waals surface area (Å²) in [5.74, 6) is 2.56. The third kappa shape index (κ3) is 2.62. The molecular weight excluding hydrogens is 304 g/mol. The first kappa shape index (κ1) is 15.1. The lowest BCUT2D eigenvalue weighted by molar-refractivity contribution is 0.717. The summed E-state index contributed by atoms with van der Waals surface area (Å²) in [6.07, 6.45) is 6.45. The molecule has 4 rings (SSSR count). The highest BCUT2D eigenvalue weighted by Crippen LogP contribution is 2.42. The highest BCUT2D eigenvalue weighted by molar-refractivity contribution is 5.82. The summed E-state index contributed by atoms with van der Waals surface area (Å²) in [5.41, 5.74) is 1.98. The molecular formula is C16H22N8. The van der Waals surface area contributed by atoms with E-state index in [1.54, 1.807) is 6.33 Å². The van der Waals surface area contributed by atoms with Crippen LogP contribution in [0.1, 0.15) is 30.9 Å². The first-order chi connectivity index (χ1) is 11.8. The van der Waals surface area contributed by atoms with E-state index in [9.17, 15) is 0 Å². The van der Waals surface area contributed by atoms with Gasteiger partial charge in [-0.25, -0.2) is 19.9 Å². The molecule has 1 saturated heterocycles. The molecule has 8 nitrogen and oxygen atoms in total. The number of hydrogen-bond acceptors (Lipinski definition) is 8. The van der Waals surface area contributed by atoms with Crippen molar-refractivity contribution in [2.45, 2.75) is 32.5 Å². The molecule has 0 saturated carbocycles. The van der Waals surface area contributed by atoms with Crippen LogP contribution in [0, 0.1) is 6.92 Å². The summed E-state index contributed by atoms with van der Waals surface area (Å²) < 4.78 is 0. The number of aromatic nitrogens is 4. The molecule has 24 heavy (non-hydrogen) atoms. The molecule has 0 bridgehead atoms. The summed E-state index contributed by atoms with van der Waals surface area (Å²) >= 11 is 0. The molecule has 1 fully saturated rings. The Morgan fingerprint density at radius 2 is 2.08 bits per heavy atom. The van der Waals surface area contributed by atoms with Gasteiger partial charge in [-0.05, 0) is 26.8 Å². The van der Waals surface area contributed by atoms with Gasteiger partial charge in [-0.15, -0.1) is 0 Å². The van der Waals surface area contributed by atoms with Crippen LogP contribution < -0.4 is 20.9 Å². The molecule has 0 spiro atoms. The normalized spacial score (nSPS) is 22.3. The van der Waals surface area contributed by atoms with Crippen molar-refractivity contribution in [3.8, 4) is 0 Å². The number of nitrogens with one attached hydrogen (secondary N) is 3. The van der Waals surface area contributed by atoms with Crippen molar-refractivity contribution in [3.05, 3.63) is 30.1 Å². The minimum atomic E-state index is -0.0236. The van der Waals surface area contributed by atoms with Crippen LogP contribution in [0.4, 0.5) is 17.3 Å². The largest absolute Gasteiger partial charge is 0.364 e. The molecule has 1 unspecified atom stereocenters. The standard InChI is InChI=1S/C16H22N8/c1-3-24-15(11-6-18-10(2)19-7-11)23-13-14(20-9-21-16(13)24)22-12-4-5-17-8-12/h6-7,9,12,15,17,23H,3-5,8H2,1-2H3,(H,20,21,22)/t12-,15?/m0/s1. The predicted molar refractivity (Wildman–Crippen MR) is 93.1 cm³/mol. The zero-order chi connectivity index (χ0) is 16.5. The van der Waals surface area contributed by atoms with Crippen LogP contribution in [-0.2, 0) is 0 Å². The van der Waals surface area contributed by atoms with Gasteiger partial charge in [0.2, 0.25) is 0 Å². The smallest absolute Gasteiger partial charge is 0.159 e. The Hall–Kier alpha value is -2.48. The molecule has 2 aliphatic rings. The monoisotopic (exact) mass is 326 g/mol. The molecule has 8 heteroatoms. The van der Waals surface area contributed by atoms with Crippen LogP contribution in [0.3, 0.4) is 0 Å². The number of rotatable bonds is 4. The quantitative estimate of drug-likeness (QED) is 0.774. The van der Waals surface area contributed by atoms with E-state index in [2.05, 4.69) is 47.7 Å². The maximum Gasteiger partial charge on any atom is 0.159 e. The second-order valence-corrected chi connectivity index (χ2v) is 6.15. The molecule has 0 aliphatic carbocycles. The van der Waals surface area contributed by atoms with Crippen LogP contribution in [0.2, 0.25) is 0 Å². The van der Waals surface area contributed by atoms with Gasteiger partial charge in [0, 0.05) is 37.1 Å². The van der Waals surface area contributed by atoms with Crippen LogP contribution in [0.25, 0.3) is 0 Å². The lowest BCUT2D eigenvalue weighted by Crippen LogP contribution is -2.28. The van der Waals surface area contributed by atoms with Crippen molar-refractivity contribution in [1.29, 1.82) is 0 Å². The Morgan fingerprint density at radius 3 is 2.79 bits per heavy atom. The van der Waals surface area contributed by atoms with E-state index >= 15 is 0 Å². The molecule has 2 aliphatic heterocycles. The number of hydrogen-bond donors (Lipinski definition) is 3. The molecule has 2 aromatic rings. The van der Waals surface area contributed by atoms with Crippen LogP contribution >= 0.6 is 0 Å². The van der Waals surface area contributed by atoms with Crippen molar-refractivity contribution in [2.75, 3.05) is 35.2 Å². The Balaban J connectivity index is 1.65. The minimum absolute atomic E-state index is 0.0236. The van der Waals surface area contributed by atoms with Gasteiger partial charge in [0.15, 0.2) is 11.6 Å². The van der Waals surface area contributed by atoms with Gasteiger partial charge in [-0.2, -0.15) is 0 Å². The van der Waals surface area contributed by atoms with E-state index in [-0.39, 0.29) is 6.17 Å². The van der Waals surface area contributed by atoms with Gasteiger partial charge in [0.05, 0.1) is 0 Å². The van der Waals surface area contributed by atoms with Gasteiger partial charge < -0.3 is 20.9 Å². The predicted octanol–water partition coefficient (Wildman–Crippen LogP) is 1.30. The molecule has 2 atom stereocenters. The summed E-state index contributed by atoms with van der Waals surface area (Å²) in [5, 5.41) is 10.5. The van der Waals surface area contributed by atoms with Gasteiger partial charge >= 0.3 is 0 Å². The summed E-state index contributed by atoms with van der Waals surface area (Å²) in [4.78, 5) is 19.8. The van der Waals surface area contributed by atoms with Gasteiger partial charge in [-0.1, -0.05) is 0 Å². The number of nitrogens with zero attached hydrogens (tertiary/aromatic N) is 5. The highest BCUT2D eigenvalue weighted by atomic mass is 15.4. The maximum absolute atomic E-state index is 4.50. The fourth-order valence-electron chi connectivity index (χ4n) is 3.28. The van der Waals surface area contributed by atoms with Crippen LogP contribution in [-0.4, -0.2) is 45.6 Å². The van der Waals surface area contributed by atoms with Crippen molar-refractivity contribution >= 4 is 17.3 Å². The lowest BCUT2D eigenvalue weighted by atomic mass is 10.2. The topological polar surface area (TPSA) is 90.9 Å². The van der Waals surface area contributed by atoms with Crippen LogP contribution in [0.15, 0.2) is 18.7 Å². The lowest BCUT2D eigenvalue weighted by Gasteiger charge is -2.24. The van der Waals surface area contributed by atoms with E-state index in [1.165, 1.54) is 0 Å². The zero-order valence-electron chi connectivity index (χ0n) is 14.0. The summed E-state index contributed by atoms with van der Waals surface area (Å²) in [6, 6.07) is 0.405. The van der Waals surface area contributed by atoms with E-state index < -0.39 is 0 Å². The molecule has 4 heterocycles. The number of fused-ring (bicyclic) bond motifs is 1. The van der Waals surface area contributed by atoms with Gasteiger partial charge in [0.1, 0.15) is 24.0 Å². The average molecular weight is 326 g/mol. The van der Waals surface area contributed by atoms with E-state index in [4.69, 9.17) is 0 Å². The maximum atomic E-state index is 4.50.